The molecule has 0 saturated carbocycles. The minimum absolute atomic E-state index is 0.434. The highest BCUT2D eigenvalue weighted by Crippen LogP contribution is 2.30. The highest BCUT2D eigenvalue weighted by molar-refractivity contribution is 5.92. The van der Waals surface area contributed by atoms with E-state index < -0.39 is 6.67 Å². The molecule has 3 aromatic rings. The maximum absolute atomic E-state index is 12.9. The van der Waals surface area contributed by atoms with Crippen molar-refractivity contribution in [2.75, 3.05) is 5.32 Å². The molecule has 0 unspecified atom stereocenters. The van der Waals surface area contributed by atoms with E-state index in [-0.39, 0.29) is 0 Å². The lowest BCUT2D eigenvalue weighted by Crippen LogP contribution is -2.01. The molecule has 1 N–H and O–H groups in total. The van der Waals surface area contributed by atoms with Crippen molar-refractivity contribution in [3.8, 4) is 0 Å². The summed E-state index contributed by atoms with van der Waals surface area (Å²) in [4.78, 5) is 4.52. The van der Waals surface area contributed by atoms with Crippen LogP contribution in [0.4, 0.5) is 15.9 Å². The first-order valence-corrected chi connectivity index (χ1v) is 8.51. The Bertz CT molecular complexity index is 828. The molecule has 1 aromatic carbocycles. The Morgan fingerprint density at radius 2 is 1.92 bits per heavy atom. The quantitative estimate of drug-likeness (QED) is 0.633. The first-order chi connectivity index (χ1) is 11.6. The largest absolute Gasteiger partial charge is 0.347 e. The Labute approximate surface area is 142 Å². The van der Waals surface area contributed by atoms with E-state index in [1.807, 2.05) is 32.2 Å². The molecule has 24 heavy (non-hydrogen) atoms. The van der Waals surface area contributed by atoms with Crippen LogP contribution < -0.4 is 5.32 Å². The number of aromatic nitrogens is 2. The molecule has 0 atom stereocenters. The third-order valence-electron chi connectivity index (χ3n) is 4.44. The van der Waals surface area contributed by atoms with Gasteiger partial charge in [0.25, 0.3) is 0 Å². The number of anilines is 2. The molecule has 2 heterocycles. The van der Waals surface area contributed by atoms with E-state index in [0.717, 1.165) is 41.0 Å². The number of aryl methyl sites for hydroxylation is 3. The van der Waals surface area contributed by atoms with Gasteiger partial charge >= 0.3 is 0 Å². The molecule has 4 heteroatoms. The van der Waals surface area contributed by atoms with Gasteiger partial charge in [-0.25, -0.2) is 9.37 Å². The van der Waals surface area contributed by atoms with E-state index >= 15 is 0 Å². The van der Waals surface area contributed by atoms with Gasteiger partial charge in [-0.1, -0.05) is 25.5 Å². The fraction of sp³-hybridized carbons (Fsp3) is 0.350. The Kier molecular flexibility index (Phi) is 4.84. The zero-order valence-electron chi connectivity index (χ0n) is 14.6. The first kappa shape index (κ1) is 16.5. The van der Waals surface area contributed by atoms with E-state index in [4.69, 9.17) is 0 Å². The van der Waals surface area contributed by atoms with Crippen LogP contribution in [0.2, 0.25) is 0 Å². The van der Waals surface area contributed by atoms with E-state index in [0.29, 0.717) is 5.56 Å². The summed E-state index contributed by atoms with van der Waals surface area (Å²) in [6.07, 6.45) is 6.31. The number of nitrogens with one attached hydrogen (secondary N) is 1. The van der Waals surface area contributed by atoms with E-state index in [2.05, 4.69) is 40.1 Å². The molecule has 3 rings (SSSR count). The number of benzene rings is 1. The zero-order valence-corrected chi connectivity index (χ0v) is 14.6. The van der Waals surface area contributed by atoms with Gasteiger partial charge in [-0.3, -0.25) is 0 Å². The molecule has 3 nitrogen and oxygen atoms in total. The van der Waals surface area contributed by atoms with Crippen LogP contribution in [0.1, 0.15) is 36.5 Å². The minimum Gasteiger partial charge on any atom is -0.347 e. The van der Waals surface area contributed by atoms with E-state index in [1.54, 1.807) is 0 Å². The van der Waals surface area contributed by atoms with Gasteiger partial charge in [0.2, 0.25) is 0 Å². The number of hydrogen-bond acceptors (Lipinski definition) is 2. The second kappa shape index (κ2) is 7.04. The van der Waals surface area contributed by atoms with Gasteiger partial charge in [0, 0.05) is 30.0 Å². The van der Waals surface area contributed by atoms with Crippen molar-refractivity contribution in [2.45, 2.75) is 46.8 Å². The highest BCUT2D eigenvalue weighted by Gasteiger charge is 2.10. The maximum Gasteiger partial charge on any atom is 0.139 e. The Hall–Kier alpha value is -2.36. The molecular weight excluding hydrogens is 301 g/mol. The summed E-state index contributed by atoms with van der Waals surface area (Å²) in [5.41, 5.74) is 4.98. The second-order valence-electron chi connectivity index (χ2n) is 6.32. The monoisotopic (exact) mass is 325 g/mol. The van der Waals surface area contributed by atoms with Crippen molar-refractivity contribution in [1.82, 2.24) is 9.55 Å². The van der Waals surface area contributed by atoms with Crippen LogP contribution in [0.5, 0.6) is 0 Å². The molecule has 0 amide bonds. The van der Waals surface area contributed by atoms with Crippen LogP contribution in [-0.4, -0.2) is 9.55 Å². The molecule has 0 spiro atoms. The third kappa shape index (κ3) is 3.14. The highest BCUT2D eigenvalue weighted by atomic mass is 19.1. The van der Waals surface area contributed by atoms with Crippen LogP contribution in [-0.2, 0) is 13.2 Å². The summed E-state index contributed by atoms with van der Waals surface area (Å²) in [5.74, 6) is 0.849. The lowest BCUT2D eigenvalue weighted by atomic mass is 10.0. The van der Waals surface area contributed by atoms with Crippen molar-refractivity contribution in [3.05, 3.63) is 53.3 Å². The maximum atomic E-state index is 12.9. The normalized spacial score (nSPS) is 11.2. The molecule has 0 radical (unpaired) electrons. The predicted molar refractivity (Wildman–Crippen MR) is 98.7 cm³/mol. The van der Waals surface area contributed by atoms with Gasteiger partial charge in [-0.2, -0.15) is 0 Å². The van der Waals surface area contributed by atoms with Gasteiger partial charge in [-0.15, -0.1) is 0 Å². The SMILES string of the molecule is CCCCn1ccc2c(Nc3c(C)cc(CF)cc3C)nccc21. The molecular formula is C20H24FN3. The summed E-state index contributed by atoms with van der Waals surface area (Å²) in [7, 11) is 0. The van der Waals surface area contributed by atoms with Crippen LogP contribution in [0.3, 0.4) is 0 Å². The summed E-state index contributed by atoms with van der Waals surface area (Å²) < 4.78 is 15.2. The van der Waals surface area contributed by atoms with Gasteiger partial charge in [0.1, 0.15) is 12.5 Å². The van der Waals surface area contributed by atoms with Crippen LogP contribution in [0.25, 0.3) is 10.9 Å². The fourth-order valence-corrected chi connectivity index (χ4v) is 3.19. The van der Waals surface area contributed by atoms with Crippen LogP contribution in [0, 0.1) is 13.8 Å². The van der Waals surface area contributed by atoms with Crippen LogP contribution >= 0.6 is 0 Å². The number of alkyl halides is 1. The van der Waals surface area contributed by atoms with Crippen molar-refractivity contribution < 1.29 is 4.39 Å². The number of pyridine rings is 1. The topological polar surface area (TPSA) is 29.9 Å². The summed E-state index contributed by atoms with van der Waals surface area (Å²) >= 11 is 0. The van der Waals surface area contributed by atoms with Gasteiger partial charge in [-0.05, 0) is 49.1 Å². The third-order valence-corrected chi connectivity index (χ3v) is 4.44. The number of halogens is 1. The summed E-state index contributed by atoms with van der Waals surface area (Å²) in [5, 5.41) is 4.57. The average Bonchev–Trinajstić information content (AvgIpc) is 3.00. The summed E-state index contributed by atoms with van der Waals surface area (Å²) in [6.45, 7) is 6.79. The summed E-state index contributed by atoms with van der Waals surface area (Å²) in [6, 6.07) is 7.95. The number of rotatable bonds is 6. The molecule has 0 aliphatic carbocycles. The zero-order chi connectivity index (χ0) is 17.1. The Balaban J connectivity index is 1.98. The molecule has 0 saturated heterocycles. The average molecular weight is 325 g/mol. The fourth-order valence-electron chi connectivity index (χ4n) is 3.19. The van der Waals surface area contributed by atoms with E-state index in [9.17, 15) is 4.39 Å². The lowest BCUT2D eigenvalue weighted by Gasteiger charge is -2.14. The van der Waals surface area contributed by atoms with Crippen molar-refractivity contribution in [3.63, 3.8) is 0 Å². The Morgan fingerprint density at radius 3 is 2.58 bits per heavy atom. The van der Waals surface area contributed by atoms with Gasteiger partial charge in [0.05, 0.1) is 5.52 Å². The van der Waals surface area contributed by atoms with Crippen molar-refractivity contribution >= 4 is 22.4 Å². The first-order valence-electron chi connectivity index (χ1n) is 8.51. The molecule has 0 bridgehead atoms. The molecule has 0 fully saturated rings. The smallest absolute Gasteiger partial charge is 0.139 e. The number of unbranched alkanes of at least 4 members (excludes halogenated alkanes) is 1. The van der Waals surface area contributed by atoms with Crippen molar-refractivity contribution in [2.24, 2.45) is 0 Å². The number of nitrogens with zero attached hydrogens (tertiary/aromatic N) is 2. The number of hydrogen-bond donors (Lipinski definition) is 1. The standard InChI is InChI=1S/C20H24FN3/c1-4-5-9-24-10-7-17-18(24)6-8-22-20(17)23-19-14(2)11-16(13-21)12-15(19)3/h6-8,10-12H,4-5,9,13H2,1-3H3,(H,22,23). The van der Waals surface area contributed by atoms with Crippen molar-refractivity contribution in [1.29, 1.82) is 0 Å². The van der Waals surface area contributed by atoms with Crippen LogP contribution in [0.15, 0.2) is 36.7 Å². The van der Waals surface area contributed by atoms with Gasteiger partial charge in [0.15, 0.2) is 0 Å². The predicted octanol–water partition coefficient (Wildman–Crippen LogP) is 5.67. The molecule has 0 aliphatic heterocycles. The lowest BCUT2D eigenvalue weighted by molar-refractivity contribution is 0.485. The molecule has 2 aromatic heterocycles. The second-order valence-corrected chi connectivity index (χ2v) is 6.32. The van der Waals surface area contributed by atoms with Gasteiger partial charge < -0.3 is 9.88 Å². The Morgan fingerprint density at radius 1 is 1.17 bits per heavy atom. The minimum atomic E-state index is -0.434. The molecule has 126 valence electrons. The molecule has 0 aliphatic rings. The number of fused-ring (bicyclic) bond motifs is 1. The van der Waals surface area contributed by atoms with E-state index in [1.165, 1.54) is 11.9 Å².